The van der Waals surface area contributed by atoms with Crippen LogP contribution in [0.25, 0.3) is 0 Å². The first-order chi connectivity index (χ1) is 9.40. The number of fused-ring (bicyclic) bond motifs is 1. The number of likely N-dealkylation sites (N-methyl/N-ethyl adjacent to an activating group) is 1. The molecule has 0 unspecified atom stereocenters. The Morgan fingerprint density at radius 3 is 2.60 bits per heavy atom. The van der Waals surface area contributed by atoms with Gasteiger partial charge in [-0.25, -0.2) is 0 Å². The molecule has 1 aliphatic heterocycles. The Labute approximate surface area is 123 Å². The number of halogens is 1. The number of rotatable bonds is 4. The third-order valence-corrected chi connectivity index (χ3v) is 4.62. The van der Waals surface area contributed by atoms with E-state index in [2.05, 4.69) is 4.40 Å². The summed E-state index contributed by atoms with van der Waals surface area (Å²) in [6.45, 7) is 0.325. The van der Waals surface area contributed by atoms with Crippen molar-refractivity contribution < 1.29 is 17.9 Å². The van der Waals surface area contributed by atoms with Crippen LogP contribution in [0.4, 0.5) is 0 Å². The maximum atomic E-state index is 12.0. The van der Waals surface area contributed by atoms with Crippen molar-refractivity contribution in [1.82, 2.24) is 4.90 Å². The molecular weight excluding hydrogens is 304 g/mol. The highest BCUT2D eigenvalue weighted by Gasteiger charge is 2.33. The number of sulfonamides is 1. The lowest BCUT2D eigenvalue weighted by Gasteiger charge is -2.23. The van der Waals surface area contributed by atoms with Gasteiger partial charge in [-0.15, -0.1) is 4.40 Å². The standard InChI is InChI=1S/C12H15ClN2O4S/c1-15(7-10(18-2)19-3)12-11-8(13)5-4-6-9(11)20(16,17)14-12/h4-6,10H,7H2,1-3H3. The fraction of sp³-hybridized carbons (Fsp3) is 0.417. The lowest BCUT2D eigenvalue weighted by atomic mass is 10.2. The van der Waals surface area contributed by atoms with Gasteiger partial charge in [-0.3, -0.25) is 0 Å². The van der Waals surface area contributed by atoms with Gasteiger partial charge >= 0.3 is 0 Å². The quantitative estimate of drug-likeness (QED) is 0.784. The van der Waals surface area contributed by atoms with Crippen LogP contribution in [0, 0.1) is 0 Å². The number of hydrogen-bond acceptors (Lipinski definition) is 5. The van der Waals surface area contributed by atoms with Gasteiger partial charge in [-0.2, -0.15) is 8.42 Å². The Hall–Kier alpha value is -1.15. The van der Waals surface area contributed by atoms with E-state index in [1.165, 1.54) is 20.3 Å². The van der Waals surface area contributed by atoms with Crippen molar-refractivity contribution in [3.8, 4) is 0 Å². The number of nitrogens with zero attached hydrogens (tertiary/aromatic N) is 2. The molecule has 0 aromatic heterocycles. The summed E-state index contributed by atoms with van der Waals surface area (Å²) in [7, 11) is 1.03. The van der Waals surface area contributed by atoms with Crippen molar-refractivity contribution in [2.45, 2.75) is 11.2 Å². The average molecular weight is 319 g/mol. The molecule has 0 spiro atoms. The first kappa shape index (κ1) is 15.2. The van der Waals surface area contributed by atoms with E-state index in [4.69, 9.17) is 21.1 Å². The lowest BCUT2D eigenvalue weighted by molar-refractivity contribution is -0.107. The van der Waals surface area contributed by atoms with E-state index < -0.39 is 16.3 Å². The van der Waals surface area contributed by atoms with Gasteiger partial charge in [0.15, 0.2) is 12.1 Å². The Balaban J connectivity index is 2.40. The van der Waals surface area contributed by atoms with E-state index in [0.717, 1.165) is 0 Å². The molecule has 2 rings (SSSR count). The molecule has 0 saturated carbocycles. The van der Waals surface area contributed by atoms with Crippen LogP contribution in [-0.4, -0.2) is 53.3 Å². The van der Waals surface area contributed by atoms with E-state index in [9.17, 15) is 8.42 Å². The van der Waals surface area contributed by atoms with Crippen LogP contribution in [-0.2, 0) is 19.5 Å². The molecule has 1 aliphatic rings. The summed E-state index contributed by atoms with van der Waals surface area (Å²) in [5.41, 5.74) is 0.419. The van der Waals surface area contributed by atoms with E-state index in [1.807, 2.05) is 0 Å². The molecule has 0 atom stereocenters. The Kier molecular flexibility index (Phi) is 4.33. The van der Waals surface area contributed by atoms with Crippen molar-refractivity contribution in [3.05, 3.63) is 28.8 Å². The van der Waals surface area contributed by atoms with Crippen molar-refractivity contribution in [2.75, 3.05) is 27.8 Å². The second kappa shape index (κ2) is 5.69. The summed E-state index contributed by atoms with van der Waals surface area (Å²) in [4.78, 5) is 1.77. The SMILES string of the molecule is COC(CN(C)C1=NS(=O)(=O)c2cccc(Cl)c21)OC. The first-order valence-corrected chi connectivity index (χ1v) is 7.63. The lowest BCUT2D eigenvalue weighted by Crippen LogP contribution is -2.36. The van der Waals surface area contributed by atoms with Gasteiger partial charge in [-0.1, -0.05) is 17.7 Å². The second-order valence-corrected chi connectivity index (χ2v) is 6.26. The van der Waals surface area contributed by atoms with Crippen LogP contribution in [0.5, 0.6) is 0 Å². The molecule has 6 nitrogen and oxygen atoms in total. The van der Waals surface area contributed by atoms with Gasteiger partial charge in [0.1, 0.15) is 4.90 Å². The van der Waals surface area contributed by atoms with Crippen molar-refractivity contribution >= 4 is 27.5 Å². The molecule has 0 fully saturated rings. The summed E-state index contributed by atoms with van der Waals surface area (Å²) in [5, 5.41) is 0.348. The summed E-state index contributed by atoms with van der Waals surface area (Å²) < 4.78 is 38.0. The fourth-order valence-electron chi connectivity index (χ4n) is 1.96. The van der Waals surface area contributed by atoms with Crippen LogP contribution < -0.4 is 0 Å². The number of benzene rings is 1. The van der Waals surface area contributed by atoms with Crippen LogP contribution in [0.2, 0.25) is 5.02 Å². The Morgan fingerprint density at radius 1 is 1.35 bits per heavy atom. The van der Waals surface area contributed by atoms with Gasteiger partial charge in [0.2, 0.25) is 0 Å². The van der Waals surface area contributed by atoms with E-state index >= 15 is 0 Å². The zero-order valence-electron chi connectivity index (χ0n) is 11.3. The zero-order valence-corrected chi connectivity index (χ0v) is 12.9. The monoisotopic (exact) mass is 318 g/mol. The average Bonchev–Trinajstić information content (AvgIpc) is 2.69. The van der Waals surface area contributed by atoms with Gasteiger partial charge in [0.25, 0.3) is 10.0 Å². The minimum Gasteiger partial charge on any atom is -0.354 e. The predicted octanol–water partition coefficient (Wildman–Crippen LogP) is 1.34. The molecule has 0 N–H and O–H groups in total. The number of hydrogen-bond donors (Lipinski definition) is 0. The molecule has 0 saturated heterocycles. The van der Waals surface area contributed by atoms with Crippen LogP contribution >= 0.6 is 11.6 Å². The van der Waals surface area contributed by atoms with E-state index in [0.29, 0.717) is 23.0 Å². The van der Waals surface area contributed by atoms with Crippen LogP contribution in [0.1, 0.15) is 5.56 Å². The molecule has 20 heavy (non-hydrogen) atoms. The highest BCUT2D eigenvalue weighted by Crippen LogP contribution is 2.32. The molecule has 1 aromatic rings. The third-order valence-electron chi connectivity index (χ3n) is 2.99. The third kappa shape index (κ3) is 2.67. The maximum absolute atomic E-state index is 12.0. The van der Waals surface area contributed by atoms with Gasteiger partial charge in [-0.05, 0) is 12.1 Å². The number of methoxy groups -OCH3 is 2. The van der Waals surface area contributed by atoms with E-state index in [1.54, 1.807) is 24.1 Å². The summed E-state index contributed by atoms with van der Waals surface area (Å²) in [6, 6.07) is 4.71. The molecule has 8 heteroatoms. The number of amidine groups is 1. The molecule has 1 heterocycles. The summed E-state index contributed by atoms with van der Waals surface area (Å²) >= 11 is 6.11. The molecular formula is C12H15ClN2O4S. The van der Waals surface area contributed by atoms with Crippen molar-refractivity contribution in [3.63, 3.8) is 0 Å². The maximum Gasteiger partial charge on any atom is 0.285 e. The van der Waals surface area contributed by atoms with Crippen molar-refractivity contribution in [2.24, 2.45) is 4.40 Å². The molecule has 1 aromatic carbocycles. The fourth-order valence-corrected chi connectivity index (χ4v) is 3.54. The number of ether oxygens (including phenoxy) is 2. The minimum absolute atomic E-state index is 0.123. The van der Waals surface area contributed by atoms with Crippen molar-refractivity contribution in [1.29, 1.82) is 0 Å². The summed E-state index contributed by atoms with van der Waals surface area (Å²) in [6.07, 6.45) is -0.489. The molecule has 110 valence electrons. The molecule has 0 aliphatic carbocycles. The molecule has 0 radical (unpaired) electrons. The first-order valence-electron chi connectivity index (χ1n) is 5.81. The van der Waals surface area contributed by atoms with Gasteiger partial charge in [0, 0.05) is 21.3 Å². The van der Waals surface area contributed by atoms with Gasteiger partial charge in [0.05, 0.1) is 17.1 Å². The molecule has 0 amide bonds. The largest absolute Gasteiger partial charge is 0.354 e. The van der Waals surface area contributed by atoms with Crippen LogP contribution in [0.3, 0.4) is 0 Å². The topological polar surface area (TPSA) is 68.2 Å². The van der Waals surface area contributed by atoms with Gasteiger partial charge < -0.3 is 14.4 Å². The Morgan fingerprint density at radius 2 is 2.00 bits per heavy atom. The van der Waals surface area contributed by atoms with Crippen LogP contribution in [0.15, 0.2) is 27.5 Å². The highest BCUT2D eigenvalue weighted by atomic mass is 35.5. The minimum atomic E-state index is -3.69. The smallest absolute Gasteiger partial charge is 0.285 e. The normalized spacial score (nSPS) is 16.1. The second-order valence-electron chi connectivity index (χ2n) is 4.28. The predicted molar refractivity (Wildman–Crippen MR) is 75.6 cm³/mol. The Bertz CT molecular complexity index is 641. The highest BCUT2D eigenvalue weighted by molar-refractivity contribution is 7.90. The summed E-state index contributed by atoms with van der Waals surface area (Å²) in [5.74, 6) is 0.296. The zero-order chi connectivity index (χ0) is 14.9. The molecule has 0 bridgehead atoms. The van der Waals surface area contributed by atoms with E-state index in [-0.39, 0.29) is 4.90 Å².